The van der Waals surface area contributed by atoms with Gasteiger partial charge in [0.2, 0.25) is 0 Å². The summed E-state index contributed by atoms with van der Waals surface area (Å²) in [6.07, 6.45) is 3.58. The van der Waals surface area contributed by atoms with Gasteiger partial charge in [0, 0.05) is 36.4 Å². The lowest BCUT2D eigenvalue weighted by Crippen LogP contribution is -2.17. The van der Waals surface area contributed by atoms with E-state index in [1.807, 2.05) is 30.5 Å². The Hall–Kier alpha value is -4.25. The number of aromatic nitrogens is 3. The Morgan fingerprint density at radius 1 is 0.758 bits per heavy atom. The number of hydrogen-bond acceptors (Lipinski definition) is 5. The highest BCUT2D eigenvalue weighted by molar-refractivity contribution is 5.94. The first kappa shape index (κ1) is 19.4. The Bertz CT molecular complexity index is 1440. The Labute approximate surface area is 192 Å². The Balaban J connectivity index is 1.52. The van der Waals surface area contributed by atoms with Crippen molar-refractivity contribution in [2.45, 2.75) is 13.1 Å². The zero-order chi connectivity index (χ0) is 22.2. The second-order valence-corrected chi connectivity index (χ2v) is 8.20. The van der Waals surface area contributed by atoms with Gasteiger partial charge >= 0.3 is 0 Å². The van der Waals surface area contributed by atoms with Gasteiger partial charge in [0.25, 0.3) is 0 Å². The predicted molar refractivity (Wildman–Crippen MR) is 131 cm³/mol. The van der Waals surface area contributed by atoms with Crippen LogP contribution in [0.4, 0.5) is 5.82 Å². The van der Waals surface area contributed by atoms with Crippen molar-refractivity contribution < 1.29 is 4.74 Å². The summed E-state index contributed by atoms with van der Waals surface area (Å²) in [6.45, 7) is 1.66. The van der Waals surface area contributed by atoms with Crippen LogP contribution in [0.5, 0.6) is 5.75 Å². The van der Waals surface area contributed by atoms with Gasteiger partial charge in [-0.1, -0.05) is 42.5 Å². The smallest absolute Gasteiger partial charge is 0.163 e. The average molecular weight is 431 g/mol. The Morgan fingerprint density at radius 3 is 2.30 bits per heavy atom. The van der Waals surface area contributed by atoms with Crippen LogP contribution in [0.15, 0.2) is 91.3 Å². The normalized spacial score (nSPS) is 12.7. The van der Waals surface area contributed by atoms with E-state index in [2.05, 4.69) is 64.5 Å². The van der Waals surface area contributed by atoms with Gasteiger partial charge in [-0.2, -0.15) is 0 Å². The molecule has 0 saturated heterocycles. The monoisotopic (exact) mass is 430 g/mol. The van der Waals surface area contributed by atoms with Crippen molar-refractivity contribution in [1.82, 2.24) is 15.0 Å². The van der Waals surface area contributed by atoms with Crippen LogP contribution < -0.4 is 9.64 Å². The van der Waals surface area contributed by atoms with Crippen LogP contribution >= 0.6 is 0 Å². The second kappa shape index (κ2) is 8.02. The lowest BCUT2D eigenvalue weighted by molar-refractivity contribution is 0.415. The summed E-state index contributed by atoms with van der Waals surface area (Å²) in [7, 11) is 1.69. The first-order chi connectivity index (χ1) is 16.3. The minimum atomic E-state index is 0.690. The van der Waals surface area contributed by atoms with Gasteiger partial charge in [0.15, 0.2) is 5.82 Å². The maximum Gasteiger partial charge on any atom is 0.163 e. The maximum absolute atomic E-state index is 5.43. The standard InChI is InChI=1S/C28H22N4O/c1-33-24-10-4-8-19(14-24)20-11-12-26-25(15-20)28(31-27(30-26)21-9-5-13-29-16-21)32-17-22-6-2-3-7-23(22)18-32/h2-16H,17-18H2,1H3. The van der Waals surface area contributed by atoms with E-state index in [0.29, 0.717) is 5.82 Å². The highest BCUT2D eigenvalue weighted by Gasteiger charge is 2.23. The van der Waals surface area contributed by atoms with Crippen LogP contribution in [-0.4, -0.2) is 22.1 Å². The minimum absolute atomic E-state index is 0.690. The molecule has 5 heteroatoms. The highest BCUT2D eigenvalue weighted by Crippen LogP contribution is 2.35. The molecular weight excluding hydrogens is 408 g/mol. The molecule has 0 atom stereocenters. The summed E-state index contributed by atoms with van der Waals surface area (Å²) in [5.74, 6) is 2.47. The first-order valence-corrected chi connectivity index (χ1v) is 11.0. The molecule has 0 N–H and O–H groups in total. The number of methoxy groups -OCH3 is 1. The molecule has 0 fully saturated rings. The molecule has 6 rings (SSSR count). The molecule has 0 spiro atoms. The van der Waals surface area contributed by atoms with Gasteiger partial charge in [0.05, 0.1) is 12.6 Å². The first-order valence-electron chi connectivity index (χ1n) is 11.0. The third kappa shape index (κ3) is 3.57. The highest BCUT2D eigenvalue weighted by atomic mass is 16.5. The molecule has 0 bridgehead atoms. The van der Waals surface area contributed by atoms with E-state index in [0.717, 1.165) is 52.3 Å². The summed E-state index contributed by atoms with van der Waals surface area (Å²) < 4.78 is 5.43. The second-order valence-electron chi connectivity index (χ2n) is 8.20. The van der Waals surface area contributed by atoms with E-state index < -0.39 is 0 Å². The Morgan fingerprint density at radius 2 is 1.55 bits per heavy atom. The van der Waals surface area contributed by atoms with Crippen LogP contribution in [0, 0.1) is 0 Å². The van der Waals surface area contributed by atoms with Crippen LogP contribution in [0.3, 0.4) is 0 Å². The molecule has 3 heterocycles. The molecule has 33 heavy (non-hydrogen) atoms. The van der Waals surface area contributed by atoms with Crippen molar-refractivity contribution in [3.63, 3.8) is 0 Å². The Kier molecular flexibility index (Phi) is 4.73. The number of hydrogen-bond donors (Lipinski definition) is 0. The largest absolute Gasteiger partial charge is 0.497 e. The van der Waals surface area contributed by atoms with Crippen molar-refractivity contribution in [2.24, 2.45) is 0 Å². The third-order valence-electron chi connectivity index (χ3n) is 6.14. The summed E-state index contributed by atoms with van der Waals surface area (Å²) in [4.78, 5) is 16.6. The fourth-order valence-electron chi connectivity index (χ4n) is 4.44. The fourth-order valence-corrected chi connectivity index (χ4v) is 4.44. The molecular formula is C28H22N4O. The zero-order valence-electron chi connectivity index (χ0n) is 18.3. The van der Waals surface area contributed by atoms with Gasteiger partial charge in [-0.15, -0.1) is 0 Å². The van der Waals surface area contributed by atoms with Gasteiger partial charge in [-0.05, 0) is 58.7 Å². The number of benzene rings is 3. The lowest BCUT2D eigenvalue weighted by Gasteiger charge is -2.20. The molecule has 0 radical (unpaired) electrons. The van der Waals surface area contributed by atoms with E-state index >= 15 is 0 Å². The number of ether oxygens (including phenoxy) is 1. The molecule has 160 valence electrons. The van der Waals surface area contributed by atoms with Crippen molar-refractivity contribution in [3.8, 4) is 28.3 Å². The molecule has 0 saturated carbocycles. The quantitative estimate of drug-likeness (QED) is 0.356. The molecule has 5 aromatic rings. The minimum Gasteiger partial charge on any atom is -0.497 e. The van der Waals surface area contributed by atoms with Gasteiger partial charge in [-0.25, -0.2) is 9.97 Å². The van der Waals surface area contributed by atoms with E-state index in [1.165, 1.54) is 11.1 Å². The average Bonchev–Trinajstić information content (AvgIpc) is 3.32. The van der Waals surface area contributed by atoms with Crippen LogP contribution in [0.25, 0.3) is 33.4 Å². The summed E-state index contributed by atoms with van der Waals surface area (Å²) >= 11 is 0. The van der Waals surface area contributed by atoms with E-state index in [-0.39, 0.29) is 0 Å². The molecule has 0 aliphatic carbocycles. The van der Waals surface area contributed by atoms with Crippen molar-refractivity contribution in [1.29, 1.82) is 0 Å². The molecule has 1 aliphatic heterocycles. The van der Waals surface area contributed by atoms with E-state index in [1.54, 1.807) is 13.3 Å². The topological polar surface area (TPSA) is 51.1 Å². The number of pyridine rings is 1. The summed E-state index contributed by atoms with van der Waals surface area (Å²) in [6, 6.07) is 27.0. The molecule has 3 aromatic carbocycles. The molecule has 0 unspecified atom stereocenters. The van der Waals surface area contributed by atoms with Crippen molar-refractivity contribution >= 4 is 16.7 Å². The van der Waals surface area contributed by atoms with Crippen molar-refractivity contribution in [3.05, 3.63) is 102 Å². The van der Waals surface area contributed by atoms with Crippen LogP contribution in [0.2, 0.25) is 0 Å². The van der Waals surface area contributed by atoms with Gasteiger partial charge in [-0.3, -0.25) is 4.98 Å². The number of anilines is 1. The molecule has 0 amide bonds. The van der Waals surface area contributed by atoms with E-state index in [4.69, 9.17) is 14.7 Å². The van der Waals surface area contributed by atoms with Crippen molar-refractivity contribution in [2.75, 3.05) is 12.0 Å². The third-order valence-corrected chi connectivity index (χ3v) is 6.14. The maximum atomic E-state index is 5.43. The molecule has 2 aromatic heterocycles. The summed E-state index contributed by atoms with van der Waals surface area (Å²) in [5.41, 5.74) is 6.73. The van der Waals surface area contributed by atoms with E-state index in [9.17, 15) is 0 Å². The molecule has 1 aliphatic rings. The van der Waals surface area contributed by atoms with Crippen LogP contribution in [0.1, 0.15) is 11.1 Å². The lowest BCUT2D eigenvalue weighted by atomic mass is 10.0. The SMILES string of the molecule is COc1cccc(-c2ccc3nc(-c4cccnc4)nc(N4Cc5ccccc5C4)c3c2)c1. The van der Waals surface area contributed by atoms with Gasteiger partial charge < -0.3 is 9.64 Å². The van der Waals surface area contributed by atoms with Crippen LogP contribution in [-0.2, 0) is 13.1 Å². The zero-order valence-corrected chi connectivity index (χ0v) is 18.3. The summed E-state index contributed by atoms with van der Waals surface area (Å²) in [5, 5.41) is 1.04. The van der Waals surface area contributed by atoms with Gasteiger partial charge in [0.1, 0.15) is 11.6 Å². The number of nitrogens with zero attached hydrogens (tertiary/aromatic N) is 4. The fraction of sp³-hybridized carbons (Fsp3) is 0.107. The number of fused-ring (bicyclic) bond motifs is 2. The predicted octanol–water partition coefficient (Wildman–Crippen LogP) is 5.89. The molecule has 5 nitrogen and oxygen atoms in total. The number of rotatable bonds is 4.